The quantitative estimate of drug-likeness (QED) is 0.777. The summed E-state index contributed by atoms with van der Waals surface area (Å²) in [6, 6.07) is 13.0. The molecule has 128 valence electrons. The molecule has 1 aliphatic rings. The van der Waals surface area contributed by atoms with Crippen molar-refractivity contribution in [2.24, 2.45) is 0 Å². The molecule has 1 amide bonds. The molecular formula is C19H19N3O3. The van der Waals surface area contributed by atoms with Gasteiger partial charge in [0.15, 0.2) is 5.76 Å². The second kappa shape index (κ2) is 6.84. The Kier molecular flexibility index (Phi) is 4.24. The van der Waals surface area contributed by atoms with Gasteiger partial charge < -0.3 is 19.0 Å². The number of hydrogen-bond acceptors (Lipinski definition) is 4. The van der Waals surface area contributed by atoms with Crippen molar-refractivity contribution in [3.63, 3.8) is 0 Å². The first kappa shape index (κ1) is 15.5. The van der Waals surface area contributed by atoms with E-state index in [-0.39, 0.29) is 11.9 Å². The lowest BCUT2D eigenvalue weighted by Gasteiger charge is -2.24. The molecule has 0 radical (unpaired) electrons. The third-order valence-corrected chi connectivity index (χ3v) is 4.28. The summed E-state index contributed by atoms with van der Waals surface area (Å²) in [6.45, 7) is 1.03. The molecule has 2 aromatic heterocycles. The van der Waals surface area contributed by atoms with Crippen LogP contribution < -0.4 is 10.1 Å². The molecule has 0 saturated heterocycles. The fourth-order valence-corrected chi connectivity index (χ4v) is 2.99. The van der Waals surface area contributed by atoms with Crippen LogP contribution in [0.4, 0.5) is 0 Å². The maximum absolute atomic E-state index is 12.4. The summed E-state index contributed by atoms with van der Waals surface area (Å²) < 4.78 is 13.3. The number of furan rings is 1. The van der Waals surface area contributed by atoms with Crippen molar-refractivity contribution in [2.75, 3.05) is 0 Å². The second-order valence-electron chi connectivity index (χ2n) is 6.07. The van der Waals surface area contributed by atoms with E-state index in [4.69, 9.17) is 9.15 Å². The highest BCUT2D eigenvalue weighted by atomic mass is 16.5. The Labute approximate surface area is 145 Å². The number of benzene rings is 1. The Morgan fingerprint density at radius 2 is 2.16 bits per heavy atom. The number of aryl methyl sites for hydroxylation is 1. The number of nitrogens with zero attached hydrogens (tertiary/aromatic N) is 2. The molecule has 0 saturated carbocycles. The van der Waals surface area contributed by atoms with E-state index in [1.165, 1.54) is 0 Å². The van der Waals surface area contributed by atoms with E-state index in [1.807, 2.05) is 36.5 Å². The number of ether oxygens (including phenoxy) is 1. The van der Waals surface area contributed by atoms with Gasteiger partial charge in [0.05, 0.1) is 0 Å². The van der Waals surface area contributed by atoms with Gasteiger partial charge in [-0.25, -0.2) is 4.98 Å². The summed E-state index contributed by atoms with van der Waals surface area (Å²) in [5.41, 5.74) is 0. The maximum Gasteiger partial charge on any atom is 0.287 e. The molecule has 4 rings (SSSR count). The second-order valence-corrected chi connectivity index (χ2v) is 6.07. The molecule has 1 unspecified atom stereocenters. The highest BCUT2D eigenvalue weighted by Gasteiger charge is 2.22. The summed E-state index contributed by atoms with van der Waals surface area (Å²) in [5.74, 6) is 2.57. The van der Waals surface area contributed by atoms with Crippen LogP contribution in [-0.2, 0) is 19.6 Å². The lowest BCUT2D eigenvalue weighted by Crippen LogP contribution is -2.40. The molecule has 1 N–H and O–H groups in total. The van der Waals surface area contributed by atoms with Crippen LogP contribution in [0.15, 0.2) is 59.3 Å². The Hall–Kier alpha value is -3.02. The predicted molar refractivity (Wildman–Crippen MR) is 91.3 cm³/mol. The van der Waals surface area contributed by atoms with Crippen LogP contribution in [0.1, 0.15) is 28.6 Å². The first-order valence-electron chi connectivity index (χ1n) is 8.35. The third kappa shape index (κ3) is 3.57. The first-order chi connectivity index (χ1) is 12.3. The standard InChI is InChI=1S/C19H19N3O3/c23-19(21-14-6-9-18-20-10-11-22(18)12-14)17-8-7-16(25-17)13-24-15-4-2-1-3-5-15/h1-5,7-8,10-11,14H,6,9,12-13H2,(H,21,23). The van der Waals surface area contributed by atoms with E-state index in [9.17, 15) is 4.79 Å². The normalized spacial score (nSPS) is 16.2. The molecule has 0 fully saturated rings. The number of carbonyl (C=O) groups excluding carboxylic acids is 1. The van der Waals surface area contributed by atoms with Crippen molar-refractivity contribution in [1.29, 1.82) is 0 Å². The molecule has 1 aliphatic heterocycles. The largest absolute Gasteiger partial charge is 0.486 e. The Balaban J connectivity index is 1.33. The lowest BCUT2D eigenvalue weighted by atomic mass is 10.1. The zero-order valence-corrected chi connectivity index (χ0v) is 13.7. The highest BCUT2D eigenvalue weighted by molar-refractivity contribution is 5.91. The van der Waals surface area contributed by atoms with Gasteiger partial charge in [0.2, 0.25) is 0 Å². The average Bonchev–Trinajstić information content (AvgIpc) is 3.30. The van der Waals surface area contributed by atoms with Gasteiger partial charge in [-0.3, -0.25) is 4.79 Å². The van der Waals surface area contributed by atoms with Gasteiger partial charge in [-0.1, -0.05) is 18.2 Å². The van der Waals surface area contributed by atoms with E-state index in [0.29, 0.717) is 18.1 Å². The molecular weight excluding hydrogens is 318 g/mol. The van der Waals surface area contributed by atoms with Crippen molar-refractivity contribution in [2.45, 2.75) is 32.0 Å². The van der Waals surface area contributed by atoms with Crippen LogP contribution in [0, 0.1) is 0 Å². The van der Waals surface area contributed by atoms with E-state index >= 15 is 0 Å². The average molecular weight is 337 g/mol. The zero-order chi connectivity index (χ0) is 17.1. The van der Waals surface area contributed by atoms with Crippen molar-refractivity contribution in [3.05, 3.63) is 72.2 Å². The highest BCUT2D eigenvalue weighted by Crippen LogP contribution is 2.16. The first-order valence-corrected chi connectivity index (χ1v) is 8.35. The number of carbonyl (C=O) groups is 1. The smallest absolute Gasteiger partial charge is 0.287 e. The van der Waals surface area contributed by atoms with Gasteiger partial charge in [0.1, 0.15) is 23.9 Å². The molecule has 25 heavy (non-hydrogen) atoms. The Morgan fingerprint density at radius 3 is 3.04 bits per heavy atom. The van der Waals surface area contributed by atoms with Crippen LogP contribution >= 0.6 is 0 Å². The van der Waals surface area contributed by atoms with Crippen molar-refractivity contribution >= 4 is 5.91 Å². The summed E-state index contributed by atoms with van der Waals surface area (Å²) in [5, 5.41) is 3.03. The number of imidazole rings is 1. The number of aromatic nitrogens is 2. The molecule has 1 atom stereocenters. The summed E-state index contributed by atoms with van der Waals surface area (Å²) in [4.78, 5) is 16.7. The summed E-state index contributed by atoms with van der Waals surface area (Å²) in [7, 11) is 0. The minimum absolute atomic E-state index is 0.0864. The summed E-state index contributed by atoms with van der Waals surface area (Å²) in [6.07, 6.45) is 5.49. The minimum atomic E-state index is -0.195. The number of para-hydroxylation sites is 1. The van der Waals surface area contributed by atoms with Gasteiger partial charge >= 0.3 is 0 Å². The molecule has 3 heterocycles. The molecule has 6 nitrogen and oxygen atoms in total. The van der Waals surface area contributed by atoms with E-state index in [1.54, 1.807) is 18.3 Å². The molecule has 6 heteroatoms. The van der Waals surface area contributed by atoms with Crippen LogP contribution in [-0.4, -0.2) is 21.5 Å². The van der Waals surface area contributed by atoms with Crippen molar-refractivity contribution in [1.82, 2.24) is 14.9 Å². The zero-order valence-electron chi connectivity index (χ0n) is 13.7. The van der Waals surface area contributed by atoms with Gasteiger partial charge in [-0.2, -0.15) is 0 Å². The number of fused-ring (bicyclic) bond motifs is 1. The van der Waals surface area contributed by atoms with E-state index in [2.05, 4.69) is 14.9 Å². The number of nitrogens with one attached hydrogen (secondary N) is 1. The fraction of sp³-hybridized carbons (Fsp3) is 0.263. The lowest BCUT2D eigenvalue weighted by molar-refractivity contribution is 0.0895. The molecule has 3 aromatic rings. The predicted octanol–water partition coefficient (Wildman–Crippen LogP) is 2.80. The van der Waals surface area contributed by atoms with E-state index < -0.39 is 0 Å². The van der Waals surface area contributed by atoms with Crippen LogP contribution in [0.2, 0.25) is 0 Å². The summed E-state index contributed by atoms with van der Waals surface area (Å²) >= 11 is 0. The van der Waals surface area contributed by atoms with Gasteiger partial charge in [0, 0.05) is 31.4 Å². The Morgan fingerprint density at radius 1 is 1.28 bits per heavy atom. The van der Waals surface area contributed by atoms with Crippen molar-refractivity contribution < 1.29 is 13.9 Å². The number of rotatable bonds is 5. The molecule has 0 bridgehead atoms. The molecule has 0 aliphatic carbocycles. The maximum atomic E-state index is 12.4. The van der Waals surface area contributed by atoms with Crippen LogP contribution in [0.5, 0.6) is 5.75 Å². The third-order valence-electron chi connectivity index (χ3n) is 4.28. The van der Waals surface area contributed by atoms with Crippen LogP contribution in [0.25, 0.3) is 0 Å². The monoisotopic (exact) mass is 337 g/mol. The Bertz CT molecular complexity index is 854. The number of hydrogen-bond donors (Lipinski definition) is 1. The van der Waals surface area contributed by atoms with Gasteiger partial charge in [-0.05, 0) is 30.7 Å². The number of amides is 1. The van der Waals surface area contributed by atoms with Crippen molar-refractivity contribution in [3.8, 4) is 5.75 Å². The fourth-order valence-electron chi connectivity index (χ4n) is 2.99. The molecule has 0 spiro atoms. The van der Waals surface area contributed by atoms with Crippen LogP contribution in [0.3, 0.4) is 0 Å². The topological polar surface area (TPSA) is 69.3 Å². The van der Waals surface area contributed by atoms with Gasteiger partial charge in [-0.15, -0.1) is 0 Å². The molecule has 1 aromatic carbocycles. The SMILES string of the molecule is O=C(NC1CCc2nccn2C1)c1ccc(COc2ccccc2)o1. The van der Waals surface area contributed by atoms with E-state index in [0.717, 1.165) is 31.0 Å². The van der Waals surface area contributed by atoms with Gasteiger partial charge in [0.25, 0.3) is 5.91 Å². The minimum Gasteiger partial charge on any atom is -0.486 e.